The average Bonchev–Trinajstić information content (AvgIpc) is 3.92. The molecule has 2 aliphatic rings. The summed E-state index contributed by atoms with van der Waals surface area (Å²) in [7, 11) is -4.19. The number of amides is 1. The van der Waals surface area contributed by atoms with Crippen LogP contribution in [0.4, 0.5) is 4.79 Å². The number of hydrogen-bond acceptors (Lipinski definition) is 10. The number of H-pyrrole nitrogens is 2. The summed E-state index contributed by atoms with van der Waals surface area (Å²) in [4.78, 5) is 28.3. The molecule has 14 nitrogen and oxygen atoms in total. The van der Waals surface area contributed by atoms with Gasteiger partial charge in [0, 0.05) is 30.2 Å². The van der Waals surface area contributed by atoms with Crippen LogP contribution in [0.25, 0.3) is 21.9 Å². The Morgan fingerprint density at radius 2 is 1.87 bits per heavy atom. The lowest BCUT2D eigenvalue weighted by molar-refractivity contribution is -0.0907. The minimum Gasteiger partial charge on any atom is -0.494 e. The van der Waals surface area contributed by atoms with Crippen molar-refractivity contribution in [1.82, 2.24) is 24.6 Å². The SMILES string of the molecule is CC(C)CN(C[C@@H](O)[C@H](Cc1ccccc1)NC(=O)O[C@H]1CO[C@H]2OCC[C@H]21)S(=O)(=O)c1ccc2[nH]c(O)c(C=NCc3nc4ccccc4[nH]3)c2c1. The zero-order chi connectivity index (χ0) is 37.1. The highest BCUT2D eigenvalue weighted by atomic mass is 32.2. The third kappa shape index (κ3) is 8.24. The van der Waals surface area contributed by atoms with E-state index in [2.05, 4.69) is 25.3 Å². The van der Waals surface area contributed by atoms with Gasteiger partial charge in [0.05, 0.1) is 59.3 Å². The molecule has 0 spiro atoms. The number of nitrogens with zero attached hydrogens (tertiary/aromatic N) is 3. The van der Waals surface area contributed by atoms with Gasteiger partial charge in [-0.15, -0.1) is 0 Å². The van der Waals surface area contributed by atoms with Crippen LogP contribution in [-0.4, -0.2) is 101 Å². The van der Waals surface area contributed by atoms with Gasteiger partial charge < -0.3 is 39.7 Å². The number of aliphatic hydroxyl groups excluding tert-OH is 1. The first-order valence-corrected chi connectivity index (χ1v) is 19.2. The molecule has 2 aliphatic heterocycles. The summed E-state index contributed by atoms with van der Waals surface area (Å²) in [5.41, 5.74) is 3.40. The average molecular weight is 745 g/mol. The van der Waals surface area contributed by atoms with Crippen molar-refractivity contribution in [2.75, 3.05) is 26.3 Å². The fourth-order valence-electron chi connectivity index (χ4n) is 6.96. The topological polar surface area (TPSA) is 191 Å². The molecule has 1 amide bonds. The number of fused-ring (bicyclic) bond motifs is 3. The Bertz CT molecular complexity index is 2150. The molecule has 5 aromatic rings. The van der Waals surface area contributed by atoms with Crippen molar-refractivity contribution in [3.63, 3.8) is 0 Å². The third-order valence-electron chi connectivity index (χ3n) is 9.60. The predicted octanol–water partition coefficient (Wildman–Crippen LogP) is 4.48. The van der Waals surface area contributed by atoms with E-state index in [0.29, 0.717) is 35.3 Å². The Balaban J connectivity index is 1.11. The Morgan fingerprint density at radius 1 is 1.08 bits per heavy atom. The lowest BCUT2D eigenvalue weighted by Crippen LogP contribution is -2.51. The highest BCUT2D eigenvalue weighted by Crippen LogP contribution is 2.33. The zero-order valence-corrected chi connectivity index (χ0v) is 30.3. The van der Waals surface area contributed by atoms with Gasteiger partial charge in [-0.25, -0.2) is 18.2 Å². The standard InChI is InChI=1S/C38H44N6O8S/c1-23(2)20-44(21-33(45)32(16-24-8-4-3-5-9-24)43-38(47)52-34-22-51-37-26(34)14-15-50-37)53(48,49)25-12-13-29-27(17-25)28(36(46)42-29)18-39-19-35-40-30-10-6-7-11-31(30)41-35/h3-13,17-18,23,26,32-34,37,42,45-46H,14-16,19-22H2,1-2H3,(H,40,41)(H,43,47)/t26-,32-,33+,34-,37+/m0/s1. The summed E-state index contributed by atoms with van der Waals surface area (Å²) in [5, 5.41) is 25.7. The molecule has 7 rings (SSSR count). The van der Waals surface area contributed by atoms with Crippen LogP contribution in [0, 0.1) is 11.8 Å². The first-order valence-electron chi connectivity index (χ1n) is 17.8. The maximum atomic E-state index is 14.3. The number of aromatic hydroxyl groups is 1. The lowest BCUT2D eigenvalue weighted by atomic mass is 10.0. The highest BCUT2D eigenvalue weighted by molar-refractivity contribution is 7.89. The Kier molecular flexibility index (Phi) is 10.8. The van der Waals surface area contributed by atoms with Crippen LogP contribution in [0.5, 0.6) is 5.88 Å². The molecule has 2 aromatic heterocycles. The molecule has 5 atom stereocenters. The molecule has 2 fully saturated rings. The summed E-state index contributed by atoms with van der Waals surface area (Å²) < 4.78 is 46.8. The summed E-state index contributed by atoms with van der Waals surface area (Å²) in [6, 6.07) is 20.6. The van der Waals surface area contributed by atoms with Crippen molar-refractivity contribution in [3.8, 4) is 5.88 Å². The number of aromatic amines is 2. The van der Waals surface area contributed by atoms with Crippen LogP contribution in [0.3, 0.4) is 0 Å². The van der Waals surface area contributed by atoms with E-state index >= 15 is 0 Å². The first kappa shape index (κ1) is 36.6. The normalized spacial score (nSPS) is 20.1. The zero-order valence-electron chi connectivity index (χ0n) is 29.5. The maximum Gasteiger partial charge on any atom is 0.407 e. The lowest BCUT2D eigenvalue weighted by Gasteiger charge is -2.31. The summed E-state index contributed by atoms with van der Waals surface area (Å²) >= 11 is 0. The monoisotopic (exact) mass is 744 g/mol. The van der Waals surface area contributed by atoms with Gasteiger partial charge in [-0.05, 0) is 54.7 Å². The number of benzene rings is 3. The summed E-state index contributed by atoms with van der Waals surface area (Å²) in [5.74, 6) is 0.338. The number of alkyl carbamates (subject to hydrolysis) is 1. The second-order valence-electron chi connectivity index (χ2n) is 14.0. The largest absolute Gasteiger partial charge is 0.494 e. The third-order valence-corrected chi connectivity index (χ3v) is 11.4. The van der Waals surface area contributed by atoms with Gasteiger partial charge in [-0.1, -0.05) is 56.3 Å². The number of aliphatic imine (C=N–C) groups is 1. The molecule has 0 aliphatic carbocycles. The van der Waals surface area contributed by atoms with Crippen LogP contribution in [0.2, 0.25) is 0 Å². The predicted molar refractivity (Wildman–Crippen MR) is 198 cm³/mol. The molecule has 280 valence electrons. The quantitative estimate of drug-likeness (QED) is 0.102. The smallest absolute Gasteiger partial charge is 0.407 e. The van der Waals surface area contributed by atoms with E-state index < -0.39 is 40.7 Å². The molecule has 2 saturated heterocycles. The minimum absolute atomic E-state index is 0.0228. The van der Waals surface area contributed by atoms with E-state index in [1.807, 2.05) is 68.4 Å². The molecule has 15 heteroatoms. The number of nitrogens with one attached hydrogen (secondary N) is 3. The molecular weight excluding hydrogens is 701 g/mol. The Labute approximate surface area is 307 Å². The van der Waals surface area contributed by atoms with Gasteiger partial charge in [0.2, 0.25) is 10.0 Å². The first-order chi connectivity index (χ1) is 25.5. The molecule has 0 radical (unpaired) electrons. The fraction of sp³-hybridized carbons (Fsp3) is 0.395. The molecule has 3 aromatic carbocycles. The van der Waals surface area contributed by atoms with Crippen molar-refractivity contribution in [3.05, 3.63) is 89.7 Å². The van der Waals surface area contributed by atoms with E-state index in [0.717, 1.165) is 16.6 Å². The second-order valence-corrected chi connectivity index (χ2v) is 15.9. The number of ether oxygens (including phenoxy) is 3. The van der Waals surface area contributed by atoms with E-state index in [4.69, 9.17) is 14.2 Å². The number of aliphatic hydroxyl groups is 1. The molecule has 5 N–H and O–H groups in total. The van der Waals surface area contributed by atoms with Gasteiger partial charge in [-0.2, -0.15) is 4.31 Å². The van der Waals surface area contributed by atoms with Crippen molar-refractivity contribution >= 4 is 44.3 Å². The second kappa shape index (κ2) is 15.7. The van der Waals surface area contributed by atoms with Gasteiger partial charge >= 0.3 is 6.09 Å². The van der Waals surface area contributed by atoms with Crippen LogP contribution >= 0.6 is 0 Å². The Hall–Kier alpha value is -4.80. The fourth-order valence-corrected chi connectivity index (χ4v) is 8.61. The number of hydrogen-bond donors (Lipinski definition) is 5. The molecule has 53 heavy (non-hydrogen) atoms. The van der Waals surface area contributed by atoms with E-state index in [-0.39, 0.29) is 55.3 Å². The van der Waals surface area contributed by atoms with Gasteiger partial charge in [0.15, 0.2) is 12.2 Å². The van der Waals surface area contributed by atoms with Crippen molar-refractivity contribution in [1.29, 1.82) is 0 Å². The van der Waals surface area contributed by atoms with Crippen LogP contribution < -0.4 is 5.32 Å². The molecule has 4 heterocycles. The van der Waals surface area contributed by atoms with Crippen LogP contribution in [0.15, 0.2) is 82.7 Å². The summed E-state index contributed by atoms with van der Waals surface area (Å²) in [6.07, 6.45) is -0.480. The number of carbonyl (C=O) groups excluding carboxylic acids is 1. The number of para-hydroxylation sites is 2. The number of imidazole rings is 1. The number of rotatable bonds is 14. The molecule has 0 unspecified atom stereocenters. The van der Waals surface area contributed by atoms with Gasteiger partial charge in [0.25, 0.3) is 0 Å². The van der Waals surface area contributed by atoms with Crippen molar-refractivity contribution in [2.24, 2.45) is 16.8 Å². The van der Waals surface area contributed by atoms with E-state index in [9.17, 15) is 23.4 Å². The summed E-state index contributed by atoms with van der Waals surface area (Å²) in [6.45, 7) is 4.54. The van der Waals surface area contributed by atoms with E-state index in [1.165, 1.54) is 22.7 Å². The highest BCUT2D eigenvalue weighted by Gasteiger charge is 2.44. The number of carbonyl (C=O) groups is 1. The maximum absolute atomic E-state index is 14.3. The number of aromatic nitrogens is 3. The van der Waals surface area contributed by atoms with Crippen molar-refractivity contribution < 1.29 is 37.6 Å². The molecule has 0 bridgehead atoms. The van der Waals surface area contributed by atoms with Crippen molar-refractivity contribution in [2.45, 2.75) is 62.7 Å². The molecule has 0 saturated carbocycles. The van der Waals surface area contributed by atoms with Gasteiger partial charge in [0.1, 0.15) is 11.9 Å². The molecular formula is C38H44N6O8S. The van der Waals surface area contributed by atoms with Crippen LogP contribution in [-0.2, 0) is 37.2 Å². The van der Waals surface area contributed by atoms with Crippen LogP contribution in [0.1, 0.15) is 37.2 Å². The Morgan fingerprint density at radius 3 is 2.66 bits per heavy atom. The number of sulfonamides is 1. The van der Waals surface area contributed by atoms with Gasteiger partial charge in [-0.3, -0.25) is 4.99 Å². The van der Waals surface area contributed by atoms with E-state index in [1.54, 1.807) is 6.07 Å². The minimum atomic E-state index is -4.19.